The Hall–Kier alpha value is -1.40. The number of hydrogen-bond acceptors (Lipinski definition) is 3. The number of nitrogens with two attached hydrogens (primary N) is 1. The first-order chi connectivity index (χ1) is 8.42. The molecule has 0 saturated carbocycles. The molecule has 3 N–H and O–H groups in total. The Morgan fingerprint density at radius 3 is 2.16 bits per heavy atom. The van der Waals surface area contributed by atoms with Gasteiger partial charge in [0.2, 0.25) is 10.0 Å². The summed E-state index contributed by atoms with van der Waals surface area (Å²) in [6, 6.07) is 2.79. The highest BCUT2D eigenvalue weighted by molar-refractivity contribution is 7.89. The van der Waals surface area contributed by atoms with Crippen LogP contribution in [0.4, 0.5) is 0 Å². The SMILES string of the molecule is Cc1cc(S(N)(=O)=O)cc(C(=O)NC(C)(C)C)c1C. The molecule has 0 atom stereocenters. The van der Waals surface area contributed by atoms with Gasteiger partial charge in [0.1, 0.15) is 0 Å². The van der Waals surface area contributed by atoms with Gasteiger partial charge >= 0.3 is 0 Å². The Morgan fingerprint density at radius 1 is 1.21 bits per heavy atom. The fourth-order valence-corrected chi connectivity index (χ4v) is 2.26. The van der Waals surface area contributed by atoms with E-state index in [0.29, 0.717) is 11.1 Å². The molecule has 1 aromatic carbocycles. The molecule has 0 bridgehead atoms. The lowest BCUT2D eigenvalue weighted by Crippen LogP contribution is -2.41. The third-order valence-corrected chi connectivity index (χ3v) is 3.60. The molecular weight excluding hydrogens is 264 g/mol. The van der Waals surface area contributed by atoms with Gasteiger partial charge in [0.25, 0.3) is 5.91 Å². The van der Waals surface area contributed by atoms with Crippen LogP contribution < -0.4 is 10.5 Å². The number of sulfonamides is 1. The summed E-state index contributed by atoms with van der Waals surface area (Å²) in [5.74, 6) is -0.307. The predicted octanol–water partition coefficient (Wildman–Crippen LogP) is 1.48. The molecule has 1 rings (SSSR count). The van der Waals surface area contributed by atoms with Crippen molar-refractivity contribution in [1.82, 2.24) is 5.32 Å². The summed E-state index contributed by atoms with van der Waals surface area (Å²) in [6.45, 7) is 9.10. The molecule has 19 heavy (non-hydrogen) atoms. The number of amides is 1. The quantitative estimate of drug-likeness (QED) is 0.862. The van der Waals surface area contributed by atoms with Crippen LogP contribution in [-0.2, 0) is 10.0 Å². The van der Waals surface area contributed by atoms with Crippen LogP contribution in [0, 0.1) is 13.8 Å². The minimum absolute atomic E-state index is 0.0466. The normalized spacial score (nSPS) is 12.3. The number of aryl methyl sites for hydroxylation is 1. The second-order valence-corrected chi connectivity index (χ2v) is 7.22. The molecule has 0 spiro atoms. The van der Waals surface area contributed by atoms with Crippen molar-refractivity contribution >= 4 is 15.9 Å². The van der Waals surface area contributed by atoms with E-state index >= 15 is 0 Å². The van der Waals surface area contributed by atoms with Crippen molar-refractivity contribution in [3.63, 3.8) is 0 Å². The number of nitrogens with one attached hydrogen (secondary N) is 1. The molecular formula is C13H20N2O3S. The summed E-state index contributed by atoms with van der Waals surface area (Å²) in [4.78, 5) is 12.1. The topological polar surface area (TPSA) is 89.3 Å². The van der Waals surface area contributed by atoms with Crippen molar-refractivity contribution in [2.75, 3.05) is 0 Å². The van der Waals surface area contributed by atoms with E-state index < -0.39 is 15.6 Å². The number of carbonyl (C=O) groups excluding carboxylic acids is 1. The molecule has 0 aromatic heterocycles. The second kappa shape index (κ2) is 4.94. The lowest BCUT2D eigenvalue weighted by atomic mass is 10.0. The predicted molar refractivity (Wildman–Crippen MR) is 74.5 cm³/mol. The Morgan fingerprint density at radius 2 is 1.74 bits per heavy atom. The van der Waals surface area contributed by atoms with Crippen LogP contribution in [0.2, 0.25) is 0 Å². The van der Waals surface area contributed by atoms with Gasteiger partial charge in [-0.15, -0.1) is 0 Å². The van der Waals surface area contributed by atoms with E-state index in [1.807, 2.05) is 20.8 Å². The highest BCUT2D eigenvalue weighted by Crippen LogP contribution is 2.19. The van der Waals surface area contributed by atoms with Crippen molar-refractivity contribution in [2.24, 2.45) is 5.14 Å². The smallest absolute Gasteiger partial charge is 0.252 e. The van der Waals surface area contributed by atoms with Crippen molar-refractivity contribution in [2.45, 2.75) is 45.1 Å². The highest BCUT2D eigenvalue weighted by atomic mass is 32.2. The van der Waals surface area contributed by atoms with E-state index in [1.165, 1.54) is 12.1 Å². The van der Waals surface area contributed by atoms with Crippen LogP contribution in [-0.4, -0.2) is 19.9 Å². The summed E-state index contributed by atoms with van der Waals surface area (Å²) < 4.78 is 22.8. The molecule has 0 aliphatic heterocycles. The van der Waals surface area contributed by atoms with E-state index in [2.05, 4.69) is 5.32 Å². The van der Waals surface area contributed by atoms with Crippen LogP contribution in [0.25, 0.3) is 0 Å². The molecule has 1 amide bonds. The second-order valence-electron chi connectivity index (χ2n) is 5.66. The van der Waals surface area contributed by atoms with Gasteiger partial charge in [0.15, 0.2) is 0 Å². The number of hydrogen-bond donors (Lipinski definition) is 2. The number of carbonyl (C=O) groups is 1. The van der Waals surface area contributed by atoms with Gasteiger partial charge in [-0.05, 0) is 57.9 Å². The summed E-state index contributed by atoms with van der Waals surface area (Å²) in [6.07, 6.45) is 0. The summed E-state index contributed by atoms with van der Waals surface area (Å²) in [7, 11) is -3.82. The zero-order valence-corrected chi connectivity index (χ0v) is 12.7. The molecule has 0 radical (unpaired) electrons. The zero-order chi connectivity index (χ0) is 15.0. The third kappa shape index (κ3) is 4.04. The van der Waals surface area contributed by atoms with Crippen LogP contribution >= 0.6 is 0 Å². The summed E-state index contributed by atoms with van der Waals surface area (Å²) in [5, 5.41) is 7.92. The van der Waals surface area contributed by atoms with E-state index in [4.69, 9.17) is 5.14 Å². The highest BCUT2D eigenvalue weighted by Gasteiger charge is 2.20. The molecule has 0 aliphatic carbocycles. The number of primary sulfonamides is 1. The van der Waals surface area contributed by atoms with E-state index in [0.717, 1.165) is 5.56 Å². The first-order valence-corrected chi connectivity index (χ1v) is 7.43. The maximum absolute atomic E-state index is 12.2. The lowest BCUT2D eigenvalue weighted by molar-refractivity contribution is 0.0918. The standard InChI is InChI=1S/C13H20N2O3S/c1-8-6-10(19(14,17)18)7-11(9(8)2)12(16)15-13(3,4)5/h6-7H,1-5H3,(H,15,16)(H2,14,17,18). The van der Waals surface area contributed by atoms with Crippen LogP contribution in [0.1, 0.15) is 42.3 Å². The first-order valence-electron chi connectivity index (χ1n) is 5.88. The Labute approximate surface area is 114 Å². The maximum atomic E-state index is 12.2. The molecule has 1 aromatic rings. The van der Waals surface area contributed by atoms with Gasteiger partial charge in [0.05, 0.1) is 4.90 Å². The average molecular weight is 284 g/mol. The van der Waals surface area contributed by atoms with Gasteiger partial charge in [-0.1, -0.05) is 0 Å². The monoisotopic (exact) mass is 284 g/mol. The van der Waals surface area contributed by atoms with Gasteiger partial charge in [0, 0.05) is 11.1 Å². The molecule has 0 aliphatic rings. The Kier molecular flexibility index (Phi) is 4.07. The van der Waals surface area contributed by atoms with Crippen molar-refractivity contribution in [3.05, 3.63) is 28.8 Å². The largest absolute Gasteiger partial charge is 0.347 e. The summed E-state index contributed by atoms with van der Waals surface area (Å²) in [5.41, 5.74) is 1.40. The molecule has 0 fully saturated rings. The number of rotatable bonds is 2. The van der Waals surface area contributed by atoms with Crippen LogP contribution in [0.3, 0.4) is 0 Å². The Balaban J connectivity index is 3.36. The van der Waals surface area contributed by atoms with E-state index in [9.17, 15) is 13.2 Å². The first kappa shape index (κ1) is 15.7. The minimum Gasteiger partial charge on any atom is -0.347 e. The molecule has 0 saturated heterocycles. The molecule has 0 unspecified atom stereocenters. The van der Waals surface area contributed by atoms with E-state index in [-0.39, 0.29) is 10.8 Å². The van der Waals surface area contributed by atoms with Gasteiger partial charge < -0.3 is 5.32 Å². The van der Waals surface area contributed by atoms with Crippen molar-refractivity contribution < 1.29 is 13.2 Å². The van der Waals surface area contributed by atoms with Gasteiger partial charge in [-0.25, -0.2) is 13.6 Å². The van der Waals surface area contributed by atoms with Crippen LogP contribution in [0.5, 0.6) is 0 Å². The minimum atomic E-state index is -3.82. The molecule has 0 heterocycles. The average Bonchev–Trinajstić information content (AvgIpc) is 2.17. The van der Waals surface area contributed by atoms with E-state index in [1.54, 1.807) is 13.8 Å². The molecule has 6 heteroatoms. The fourth-order valence-electron chi connectivity index (χ4n) is 1.63. The van der Waals surface area contributed by atoms with Crippen LogP contribution in [0.15, 0.2) is 17.0 Å². The fraction of sp³-hybridized carbons (Fsp3) is 0.462. The van der Waals surface area contributed by atoms with Gasteiger partial charge in [-0.3, -0.25) is 4.79 Å². The lowest BCUT2D eigenvalue weighted by Gasteiger charge is -2.21. The van der Waals surface area contributed by atoms with Crippen molar-refractivity contribution in [3.8, 4) is 0 Å². The maximum Gasteiger partial charge on any atom is 0.252 e. The third-order valence-electron chi connectivity index (χ3n) is 2.70. The molecule has 5 nitrogen and oxygen atoms in total. The zero-order valence-electron chi connectivity index (χ0n) is 11.9. The van der Waals surface area contributed by atoms with Gasteiger partial charge in [-0.2, -0.15) is 0 Å². The van der Waals surface area contributed by atoms with Crippen molar-refractivity contribution in [1.29, 1.82) is 0 Å². The summed E-state index contributed by atoms with van der Waals surface area (Å²) >= 11 is 0. The number of benzene rings is 1. The Bertz CT molecular complexity index is 614. The molecule has 106 valence electrons.